The van der Waals surface area contributed by atoms with E-state index >= 15 is 0 Å². The molecule has 0 aromatic rings. The predicted molar refractivity (Wildman–Crippen MR) is 43.1 cm³/mol. The SMILES string of the molecule is C=C/C=C\C(=C/C)S(=O)(=O)F. The highest BCUT2D eigenvalue weighted by molar-refractivity contribution is 7.90. The summed E-state index contributed by atoms with van der Waals surface area (Å²) < 4.78 is 32.7. The minimum Gasteiger partial charge on any atom is -0.189 e. The summed E-state index contributed by atoms with van der Waals surface area (Å²) >= 11 is 0. The highest BCUT2D eigenvalue weighted by atomic mass is 32.3. The molecule has 0 aliphatic heterocycles. The van der Waals surface area contributed by atoms with Gasteiger partial charge in [-0.25, -0.2) is 0 Å². The van der Waals surface area contributed by atoms with Gasteiger partial charge in [0.25, 0.3) is 0 Å². The molecule has 0 aliphatic carbocycles. The summed E-state index contributed by atoms with van der Waals surface area (Å²) in [7, 11) is -4.56. The Kier molecular flexibility index (Phi) is 3.74. The van der Waals surface area contributed by atoms with Crippen LogP contribution in [0.3, 0.4) is 0 Å². The van der Waals surface area contributed by atoms with E-state index < -0.39 is 10.2 Å². The van der Waals surface area contributed by atoms with Gasteiger partial charge in [0.2, 0.25) is 0 Å². The van der Waals surface area contributed by atoms with Crippen LogP contribution in [0.2, 0.25) is 0 Å². The van der Waals surface area contributed by atoms with E-state index in [1.165, 1.54) is 25.2 Å². The van der Waals surface area contributed by atoms with E-state index in [0.717, 1.165) is 6.08 Å². The Morgan fingerprint density at radius 3 is 2.36 bits per heavy atom. The minimum atomic E-state index is -4.56. The van der Waals surface area contributed by atoms with Gasteiger partial charge in [0.15, 0.2) is 0 Å². The lowest BCUT2D eigenvalue weighted by atomic mass is 10.4. The van der Waals surface area contributed by atoms with E-state index in [-0.39, 0.29) is 4.91 Å². The molecule has 2 nitrogen and oxygen atoms in total. The zero-order valence-electron chi connectivity index (χ0n) is 6.12. The summed E-state index contributed by atoms with van der Waals surface area (Å²) in [6.45, 7) is 4.76. The van der Waals surface area contributed by atoms with E-state index in [2.05, 4.69) is 6.58 Å². The highest BCUT2D eigenvalue weighted by Crippen LogP contribution is 2.09. The van der Waals surface area contributed by atoms with Gasteiger partial charge in [-0.3, -0.25) is 0 Å². The lowest BCUT2D eigenvalue weighted by molar-refractivity contribution is 0.560. The average molecular weight is 176 g/mol. The van der Waals surface area contributed by atoms with Gasteiger partial charge < -0.3 is 0 Å². The Bertz CT molecular complexity index is 286. The number of rotatable bonds is 3. The van der Waals surface area contributed by atoms with Crippen LogP contribution < -0.4 is 0 Å². The van der Waals surface area contributed by atoms with Crippen LogP contribution in [0.5, 0.6) is 0 Å². The zero-order chi connectivity index (χ0) is 8.91. The summed E-state index contributed by atoms with van der Waals surface area (Å²) in [5, 5.41) is 0. The van der Waals surface area contributed by atoms with E-state index in [9.17, 15) is 12.3 Å². The van der Waals surface area contributed by atoms with Gasteiger partial charge in [0.05, 0.1) is 4.91 Å². The Balaban J connectivity index is 4.74. The van der Waals surface area contributed by atoms with Gasteiger partial charge in [-0.15, -0.1) is 3.89 Å². The zero-order valence-corrected chi connectivity index (χ0v) is 6.94. The van der Waals surface area contributed by atoms with Crippen molar-refractivity contribution < 1.29 is 12.3 Å². The second-order valence-electron chi connectivity index (χ2n) is 1.72. The fraction of sp³-hybridized carbons (Fsp3) is 0.143. The van der Waals surface area contributed by atoms with Crippen LogP contribution in [0.1, 0.15) is 6.92 Å². The van der Waals surface area contributed by atoms with Crippen molar-refractivity contribution in [1.29, 1.82) is 0 Å². The Labute approximate surface area is 65.9 Å². The van der Waals surface area contributed by atoms with Gasteiger partial charge in [0.1, 0.15) is 0 Å². The topological polar surface area (TPSA) is 34.1 Å². The van der Waals surface area contributed by atoms with Crippen molar-refractivity contribution in [2.75, 3.05) is 0 Å². The second-order valence-corrected chi connectivity index (χ2v) is 3.07. The van der Waals surface area contributed by atoms with Gasteiger partial charge in [0, 0.05) is 0 Å². The number of allylic oxidation sites excluding steroid dienone is 4. The lowest BCUT2D eigenvalue weighted by Gasteiger charge is -1.90. The molecule has 0 saturated carbocycles. The molecule has 0 fully saturated rings. The molecule has 4 heteroatoms. The quantitative estimate of drug-likeness (QED) is 0.486. The summed E-state index contributed by atoms with van der Waals surface area (Å²) in [4.78, 5) is -0.350. The molecule has 0 atom stereocenters. The average Bonchev–Trinajstić information content (AvgIpc) is 1.87. The van der Waals surface area contributed by atoms with Crippen LogP contribution in [-0.4, -0.2) is 8.42 Å². The molecule has 0 rings (SSSR count). The van der Waals surface area contributed by atoms with Gasteiger partial charge in [-0.05, 0) is 13.0 Å². The Morgan fingerprint density at radius 1 is 1.55 bits per heavy atom. The molecule has 0 heterocycles. The van der Waals surface area contributed by atoms with Crippen molar-refractivity contribution in [2.45, 2.75) is 6.92 Å². The van der Waals surface area contributed by atoms with Gasteiger partial charge >= 0.3 is 10.2 Å². The molecule has 0 saturated heterocycles. The Morgan fingerprint density at radius 2 is 2.09 bits per heavy atom. The maximum absolute atomic E-state index is 12.2. The van der Waals surface area contributed by atoms with E-state index in [1.807, 2.05) is 0 Å². The Hall–Kier alpha value is -0.900. The molecule has 11 heavy (non-hydrogen) atoms. The number of halogens is 1. The summed E-state index contributed by atoms with van der Waals surface area (Å²) in [5.74, 6) is 0. The number of hydrogen-bond donors (Lipinski definition) is 0. The fourth-order valence-electron chi connectivity index (χ4n) is 0.481. The first-order valence-corrected chi connectivity index (χ1v) is 4.30. The van der Waals surface area contributed by atoms with Crippen molar-refractivity contribution >= 4 is 10.2 Å². The molecule has 0 aromatic carbocycles. The van der Waals surface area contributed by atoms with Crippen molar-refractivity contribution in [1.82, 2.24) is 0 Å². The van der Waals surface area contributed by atoms with Crippen LogP contribution in [0.15, 0.2) is 35.8 Å². The third kappa shape index (κ3) is 3.72. The van der Waals surface area contributed by atoms with Crippen LogP contribution in [-0.2, 0) is 10.2 Å². The first kappa shape index (κ1) is 10.1. The van der Waals surface area contributed by atoms with E-state index in [4.69, 9.17) is 0 Å². The molecule has 0 aromatic heterocycles. The van der Waals surface area contributed by atoms with Crippen LogP contribution in [0.4, 0.5) is 3.89 Å². The molecule has 0 spiro atoms. The van der Waals surface area contributed by atoms with E-state index in [0.29, 0.717) is 0 Å². The molecule has 0 bridgehead atoms. The fourth-order valence-corrected chi connectivity index (χ4v) is 1.00. The third-order valence-corrected chi connectivity index (χ3v) is 1.90. The van der Waals surface area contributed by atoms with Crippen molar-refractivity contribution in [3.63, 3.8) is 0 Å². The van der Waals surface area contributed by atoms with E-state index in [1.54, 1.807) is 0 Å². The molecule has 0 amide bonds. The summed E-state index contributed by atoms with van der Waals surface area (Å²) in [6.07, 6.45) is 5.04. The van der Waals surface area contributed by atoms with Crippen molar-refractivity contribution in [3.8, 4) is 0 Å². The molecular formula is C7H9FO2S. The lowest BCUT2D eigenvalue weighted by Crippen LogP contribution is -1.91. The predicted octanol–water partition coefficient (Wildman–Crippen LogP) is 1.93. The maximum Gasteiger partial charge on any atom is 0.331 e. The van der Waals surface area contributed by atoms with Crippen LogP contribution in [0.25, 0.3) is 0 Å². The van der Waals surface area contributed by atoms with Crippen LogP contribution >= 0.6 is 0 Å². The number of hydrogen-bond acceptors (Lipinski definition) is 2. The minimum absolute atomic E-state index is 0.350. The first-order chi connectivity index (χ1) is 5.02. The normalized spacial score (nSPS) is 13.8. The van der Waals surface area contributed by atoms with Gasteiger partial charge in [-0.1, -0.05) is 24.8 Å². The molecule has 62 valence electrons. The molecule has 0 unspecified atom stereocenters. The van der Waals surface area contributed by atoms with Gasteiger partial charge in [-0.2, -0.15) is 8.42 Å². The van der Waals surface area contributed by atoms with Crippen LogP contribution in [0, 0.1) is 0 Å². The third-order valence-electron chi connectivity index (χ3n) is 0.963. The molecule has 0 N–H and O–H groups in total. The maximum atomic E-state index is 12.2. The summed E-state index contributed by atoms with van der Waals surface area (Å²) in [6, 6.07) is 0. The largest absolute Gasteiger partial charge is 0.331 e. The standard InChI is InChI=1S/C7H9FO2S/c1-3-5-6-7(4-2)11(8,9)10/h3-6H,1H2,2H3/b6-5-,7-4+. The smallest absolute Gasteiger partial charge is 0.189 e. The van der Waals surface area contributed by atoms with Crippen molar-refractivity contribution in [2.24, 2.45) is 0 Å². The highest BCUT2D eigenvalue weighted by Gasteiger charge is 2.10. The second kappa shape index (κ2) is 4.08. The first-order valence-electron chi connectivity index (χ1n) is 2.92. The van der Waals surface area contributed by atoms with Crippen molar-refractivity contribution in [3.05, 3.63) is 35.8 Å². The molecule has 0 radical (unpaired) electrons. The molecular weight excluding hydrogens is 167 g/mol. The monoisotopic (exact) mass is 176 g/mol. The summed E-state index contributed by atoms with van der Waals surface area (Å²) in [5.41, 5.74) is 0. The molecule has 0 aliphatic rings.